The van der Waals surface area contributed by atoms with Crippen molar-refractivity contribution in [1.82, 2.24) is 10.3 Å². The maximum Gasteiger partial charge on any atom is 0.253 e. The fraction of sp³-hybridized carbons (Fsp3) is 0.250. The predicted molar refractivity (Wildman–Crippen MR) is 108 cm³/mol. The third-order valence-electron chi connectivity index (χ3n) is 4.40. The Morgan fingerprint density at radius 2 is 1.81 bits per heavy atom. The van der Waals surface area contributed by atoms with E-state index in [-0.39, 0.29) is 11.7 Å². The average Bonchev–Trinajstić information content (AvgIpc) is 3.08. The molecule has 2 aromatic carbocycles. The van der Waals surface area contributed by atoms with Crippen molar-refractivity contribution in [3.63, 3.8) is 0 Å². The van der Waals surface area contributed by atoms with Gasteiger partial charge < -0.3 is 10.3 Å². The highest BCUT2D eigenvalue weighted by Crippen LogP contribution is 2.19. The molecule has 0 fully saturated rings. The van der Waals surface area contributed by atoms with Gasteiger partial charge in [-0.1, -0.05) is 30.3 Å². The van der Waals surface area contributed by atoms with Crippen molar-refractivity contribution in [2.75, 3.05) is 17.0 Å². The molecule has 6 nitrogen and oxygen atoms in total. The number of rotatable bonds is 8. The first kappa shape index (κ1) is 19.0. The molecular formula is C20H23N3O3S. The van der Waals surface area contributed by atoms with Gasteiger partial charge in [0.1, 0.15) is 0 Å². The van der Waals surface area contributed by atoms with Crippen molar-refractivity contribution < 1.29 is 13.2 Å². The first-order valence-electron chi connectivity index (χ1n) is 8.93. The molecule has 0 spiro atoms. The Labute approximate surface area is 159 Å². The van der Waals surface area contributed by atoms with Gasteiger partial charge in [0, 0.05) is 23.6 Å². The lowest BCUT2D eigenvalue weighted by atomic mass is 10.1. The van der Waals surface area contributed by atoms with Gasteiger partial charge in [-0.05, 0) is 43.5 Å². The standard InChI is InChI=1S/C20H23N3O3S/c1-2-27(25,26)23-19-12-6-4-10-17(19)20(24)21-13-7-8-15-14-22-18-11-5-3-9-16(15)18/h3-6,9-12,14,22-23H,2,7-8,13H2,1H3,(H,21,24). The molecule has 0 atom stereocenters. The summed E-state index contributed by atoms with van der Waals surface area (Å²) in [6.07, 6.45) is 3.63. The Morgan fingerprint density at radius 3 is 2.63 bits per heavy atom. The summed E-state index contributed by atoms with van der Waals surface area (Å²) < 4.78 is 26.1. The third kappa shape index (κ3) is 4.68. The van der Waals surface area contributed by atoms with Crippen LogP contribution in [0.3, 0.4) is 0 Å². The molecule has 3 aromatic rings. The second-order valence-electron chi connectivity index (χ2n) is 6.27. The highest BCUT2D eigenvalue weighted by Gasteiger charge is 2.15. The number of carbonyl (C=O) groups is 1. The molecule has 0 radical (unpaired) electrons. The van der Waals surface area contributed by atoms with Gasteiger partial charge >= 0.3 is 0 Å². The zero-order valence-corrected chi connectivity index (χ0v) is 16.0. The van der Waals surface area contributed by atoms with Gasteiger partial charge in [0.15, 0.2) is 0 Å². The topological polar surface area (TPSA) is 91.1 Å². The smallest absolute Gasteiger partial charge is 0.253 e. The number of para-hydroxylation sites is 2. The molecule has 27 heavy (non-hydrogen) atoms. The SMILES string of the molecule is CCS(=O)(=O)Nc1ccccc1C(=O)NCCCc1c[nH]c2ccccc12. The molecule has 0 saturated heterocycles. The zero-order chi connectivity index (χ0) is 19.3. The van der Waals surface area contributed by atoms with E-state index in [1.807, 2.05) is 24.4 Å². The number of benzene rings is 2. The van der Waals surface area contributed by atoms with Gasteiger partial charge in [-0.3, -0.25) is 9.52 Å². The van der Waals surface area contributed by atoms with Crippen LogP contribution in [0, 0.1) is 0 Å². The van der Waals surface area contributed by atoms with Crippen molar-refractivity contribution >= 4 is 32.5 Å². The number of aryl methyl sites for hydroxylation is 1. The van der Waals surface area contributed by atoms with Crippen LogP contribution >= 0.6 is 0 Å². The number of anilines is 1. The van der Waals surface area contributed by atoms with E-state index in [4.69, 9.17) is 0 Å². The lowest BCUT2D eigenvalue weighted by Gasteiger charge is -2.12. The molecule has 0 aliphatic rings. The fourth-order valence-electron chi connectivity index (χ4n) is 2.92. The first-order chi connectivity index (χ1) is 13.0. The summed E-state index contributed by atoms with van der Waals surface area (Å²) in [6, 6.07) is 14.7. The highest BCUT2D eigenvalue weighted by atomic mass is 32.2. The van der Waals surface area contributed by atoms with Gasteiger partial charge in [0.2, 0.25) is 10.0 Å². The second kappa shape index (κ2) is 8.26. The number of aromatic amines is 1. The second-order valence-corrected chi connectivity index (χ2v) is 8.28. The summed E-state index contributed by atoms with van der Waals surface area (Å²) in [5.41, 5.74) is 2.94. The van der Waals surface area contributed by atoms with Crippen LogP contribution in [-0.4, -0.2) is 31.6 Å². The molecular weight excluding hydrogens is 362 g/mol. The fourth-order valence-corrected chi connectivity index (χ4v) is 3.58. The van der Waals surface area contributed by atoms with E-state index in [1.54, 1.807) is 31.2 Å². The summed E-state index contributed by atoms with van der Waals surface area (Å²) in [7, 11) is -3.44. The number of nitrogens with one attached hydrogen (secondary N) is 3. The molecule has 1 heterocycles. The number of amides is 1. The van der Waals surface area contributed by atoms with Crippen molar-refractivity contribution in [1.29, 1.82) is 0 Å². The van der Waals surface area contributed by atoms with E-state index in [1.165, 1.54) is 10.9 Å². The van der Waals surface area contributed by atoms with Gasteiger partial charge in [0.05, 0.1) is 17.0 Å². The van der Waals surface area contributed by atoms with Crippen molar-refractivity contribution in [3.05, 3.63) is 65.9 Å². The van der Waals surface area contributed by atoms with E-state index in [0.717, 1.165) is 18.4 Å². The van der Waals surface area contributed by atoms with E-state index in [0.29, 0.717) is 17.8 Å². The van der Waals surface area contributed by atoms with E-state index < -0.39 is 10.0 Å². The van der Waals surface area contributed by atoms with Crippen molar-refractivity contribution in [3.8, 4) is 0 Å². The number of hydrogen-bond donors (Lipinski definition) is 3. The van der Waals surface area contributed by atoms with Crippen LogP contribution in [0.15, 0.2) is 54.7 Å². The molecule has 0 bridgehead atoms. The van der Waals surface area contributed by atoms with Crippen LogP contribution < -0.4 is 10.0 Å². The van der Waals surface area contributed by atoms with E-state index in [9.17, 15) is 13.2 Å². The minimum atomic E-state index is -3.44. The summed E-state index contributed by atoms with van der Waals surface area (Å²) in [5, 5.41) is 4.07. The number of H-pyrrole nitrogens is 1. The van der Waals surface area contributed by atoms with Crippen molar-refractivity contribution in [2.45, 2.75) is 19.8 Å². The minimum Gasteiger partial charge on any atom is -0.361 e. The first-order valence-corrected chi connectivity index (χ1v) is 10.6. The Kier molecular flexibility index (Phi) is 5.81. The van der Waals surface area contributed by atoms with Gasteiger partial charge in [-0.25, -0.2) is 8.42 Å². The summed E-state index contributed by atoms with van der Waals surface area (Å²) in [5.74, 6) is -0.337. The molecule has 142 valence electrons. The largest absolute Gasteiger partial charge is 0.361 e. The number of carbonyl (C=O) groups excluding carboxylic acids is 1. The highest BCUT2D eigenvalue weighted by molar-refractivity contribution is 7.92. The van der Waals surface area contributed by atoms with Crippen molar-refractivity contribution in [2.24, 2.45) is 0 Å². The molecule has 3 N–H and O–H groups in total. The van der Waals surface area contributed by atoms with E-state index in [2.05, 4.69) is 21.1 Å². The molecule has 0 aliphatic heterocycles. The van der Waals surface area contributed by atoms with Crippen LogP contribution in [0.5, 0.6) is 0 Å². The maximum atomic E-state index is 12.5. The monoisotopic (exact) mass is 385 g/mol. The molecule has 0 aliphatic carbocycles. The number of hydrogen-bond acceptors (Lipinski definition) is 3. The Bertz CT molecular complexity index is 1040. The predicted octanol–water partition coefficient (Wildman–Crippen LogP) is 3.29. The molecule has 0 saturated carbocycles. The lowest BCUT2D eigenvalue weighted by molar-refractivity contribution is 0.0954. The Balaban J connectivity index is 1.58. The molecule has 7 heteroatoms. The number of aromatic nitrogens is 1. The molecule has 3 rings (SSSR count). The third-order valence-corrected chi connectivity index (χ3v) is 5.69. The minimum absolute atomic E-state index is 0.0480. The Hall–Kier alpha value is -2.80. The van der Waals surface area contributed by atoms with Crippen LogP contribution in [0.1, 0.15) is 29.3 Å². The summed E-state index contributed by atoms with van der Waals surface area (Å²) in [4.78, 5) is 15.7. The normalized spacial score (nSPS) is 11.4. The van der Waals surface area contributed by atoms with Gasteiger partial charge in [-0.15, -0.1) is 0 Å². The average molecular weight is 385 g/mol. The summed E-state index contributed by atoms with van der Waals surface area (Å²) in [6.45, 7) is 2.06. The van der Waals surface area contributed by atoms with Crippen LogP contribution in [0.25, 0.3) is 10.9 Å². The van der Waals surface area contributed by atoms with Crippen LogP contribution in [0.2, 0.25) is 0 Å². The van der Waals surface area contributed by atoms with Crippen LogP contribution in [-0.2, 0) is 16.4 Å². The van der Waals surface area contributed by atoms with Gasteiger partial charge in [0.25, 0.3) is 5.91 Å². The maximum absolute atomic E-state index is 12.5. The van der Waals surface area contributed by atoms with E-state index >= 15 is 0 Å². The molecule has 1 aromatic heterocycles. The van der Waals surface area contributed by atoms with Crippen LogP contribution in [0.4, 0.5) is 5.69 Å². The molecule has 0 unspecified atom stereocenters. The zero-order valence-electron chi connectivity index (χ0n) is 15.2. The van der Waals surface area contributed by atoms with Gasteiger partial charge in [-0.2, -0.15) is 0 Å². The quantitative estimate of drug-likeness (QED) is 0.520. The number of fused-ring (bicyclic) bond motifs is 1. The molecule has 1 amide bonds. The number of sulfonamides is 1. The lowest BCUT2D eigenvalue weighted by Crippen LogP contribution is -2.26. The summed E-state index contributed by atoms with van der Waals surface area (Å²) >= 11 is 0. The Morgan fingerprint density at radius 1 is 1.07 bits per heavy atom.